The van der Waals surface area contributed by atoms with Crippen molar-refractivity contribution in [1.82, 2.24) is 5.32 Å². The van der Waals surface area contributed by atoms with Crippen LogP contribution in [0.15, 0.2) is 24.8 Å². The van der Waals surface area contributed by atoms with Gasteiger partial charge in [-0.1, -0.05) is 30.7 Å². The summed E-state index contributed by atoms with van der Waals surface area (Å²) < 4.78 is 0. The quantitative estimate of drug-likeness (QED) is 0.511. The molecular weight excluding hydrogens is 230 g/mol. The summed E-state index contributed by atoms with van der Waals surface area (Å²) in [5, 5.41) is 3.71. The summed E-state index contributed by atoms with van der Waals surface area (Å²) >= 11 is 0. The monoisotopic (exact) mass is 259 g/mol. The first-order valence-corrected chi connectivity index (χ1v) is 7.52. The fourth-order valence-electron chi connectivity index (χ4n) is 2.87. The van der Waals surface area contributed by atoms with Crippen molar-refractivity contribution in [3.8, 4) is 0 Å². The molecule has 0 aliphatic heterocycles. The molecule has 1 atom stereocenters. The summed E-state index contributed by atoms with van der Waals surface area (Å²) in [7, 11) is 0. The fourth-order valence-corrected chi connectivity index (χ4v) is 2.87. The number of unbranched alkanes of at least 4 members (excludes halogenated alkanes) is 1. The van der Waals surface area contributed by atoms with Crippen LogP contribution in [0.5, 0.6) is 0 Å². The normalized spacial score (nSPS) is 12.4. The Bertz CT molecular complexity index is 383. The van der Waals surface area contributed by atoms with E-state index in [9.17, 15) is 0 Å². The van der Waals surface area contributed by atoms with Crippen molar-refractivity contribution in [2.75, 3.05) is 6.54 Å². The van der Waals surface area contributed by atoms with Gasteiger partial charge in [-0.2, -0.15) is 0 Å². The first kappa shape index (κ1) is 16.0. The van der Waals surface area contributed by atoms with Crippen LogP contribution in [0.4, 0.5) is 0 Å². The molecule has 0 fully saturated rings. The minimum Gasteiger partial charge on any atom is -0.310 e. The average Bonchev–Trinajstić information content (AvgIpc) is 2.34. The molecule has 0 saturated heterocycles. The molecule has 0 amide bonds. The average molecular weight is 259 g/mol. The van der Waals surface area contributed by atoms with Crippen molar-refractivity contribution < 1.29 is 0 Å². The lowest BCUT2D eigenvalue weighted by atomic mass is 9.91. The van der Waals surface area contributed by atoms with Gasteiger partial charge >= 0.3 is 0 Å². The predicted molar refractivity (Wildman–Crippen MR) is 85.7 cm³/mol. The molecule has 0 heterocycles. The van der Waals surface area contributed by atoms with Gasteiger partial charge in [-0.25, -0.2) is 0 Å². The minimum absolute atomic E-state index is 0.487. The number of rotatable bonds is 8. The van der Waals surface area contributed by atoms with Gasteiger partial charge in [0.15, 0.2) is 0 Å². The van der Waals surface area contributed by atoms with E-state index in [1.165, 1.54) is 41.5 Å². The van der Waals surface area contributed by atoms with Gasteiger partial charge in [0.1, 0.15) is 0 Å². The molecule has 0 radical (unpaired) electrons. The second-order valence-electron chi connectivity index (χ2n) is 5.54. The van der Waals surface area contributed by atoms with E-state index >= 15 is 0 Å². The molecule has 106 valence electrons. The lowest BCUT2D eigenvalue weighted by molar-refractivity contribution is 0.482. The van der Waals surface area contributed by atoms with Gasteiger partial charge in [-0.15, -0.1) is 6.58 Å². The molecule has 1 heteroatoms. The van der Waals surface area contributed by atoms with Gasteiger partial charge in [0.05, 0.1) is 0 Å². The van der Waals surface area contributed by atoms with Gasteiger partial charge in [0.25, 0.3) is 0 Å². The molecule has 0 spiro atoms. The molecule has 0 bridgehead atoms. The number of hydrogen-bond acceptors (Lipinski definition) is 1. The van der Waals surface area contributed by atoms with E-state index in [0.717, 1.165) is 13.0 Å². The Morgan fingerprint density at radius 3 is 2.37 bits per heavy atom. The first-order valence-electron chi connectivity index (χ1n) is 7.52. The van der Waals surface area contributed by atoms with E-state index in [-0.39, 0.29) is 0 Å². The Labute approximate surface area is 119 Å². The van der Waals surface area contributed by atoms with E-state index in [0.29, 0.717) is 6.04 Å². The van der Waals surface area contributed by atoms with Gasteiger partial charge in [0, 0.05) is 6.04 Å². The second kappa shape index (κ2) is 8.16. The number of benzene rings is 1. The standard InChI is InChI=1S/C18H29N/c1-6-8-9-10-17(19-11-7-2)18-15(4)12-14(3)13-16(18)5/h6,12-13,17,19H,1,7-11H2,2-5H3. The highest BCUT2D eigenvalue weighted by atomic mass is 14.9. The summed E-state index contributed by atoms with van der Waals surface area (Å²) in [6, 6.07) is 5.09. The summed E-state index contributed by atoms with van der Waals surface area (Å²) in [5.41, 5.74) is 5.71. The third-order valence-corrected chi connectivity index (χ3v) is 3.63. The lowest BCUT2D eigenvalue weighted by Gasteiger charge is -2.23. The number of hydrogen-bond donors (Lipinski definition) is 1. The number of nitrogens with one attached hydrogen (secondary N) is 1. The highest BCUT2D eigenvalue weighted by Gasteiger charge is 2.15. The van der Waals surface area contributed by atoms with E-state index in [4.69, 9.17) is 0 Å². The molecule has 1 aromatic carbocycles. The third kappa shape index (κ3) is 4.83. The van der Waals surface area contributed by atoms with Crippen LogP contribution in [0, 0.1) is 20.8 Å². The van der Waals surface area contributed by atoms with E-state index < -0.39 is 0 Å². The van der Waals surface area contributed by atoms with Crippen LogP contribution < -0.4 is 5.32 Å². The van der Waals surface area contributed by atoms with Gasteiger partial charge in [-0.05, 0) is 69.7 Å². The van der Waals surface area contributed by atoms with Crippen molar-refractivity contribution in [2.24, 2.45) is 0 Å². The highest BCUT2D eigenvalue weighted by molar-refractivity contribution is 5.39. The van der Waals surface area contributed by atoms with Crippen LogP contribution in [0.1, 0.15) is 60.9 Å². The third-order valence-electron chi connectivity index (χ3n) is 3.63. The molecule has 1 unspecified atom stereocenters. The van der Waals surface area contributed by atoms with Crippen molar-refractivity contribution in [3.05, 3.63) is 47.0 Å². The Morgan fingerprint density at radius 2 is 1.84 bits per heavy atom. The Hall–Kier alpha value is -1.08. The summed E-state index contributed by atoms with van der Waals surface area (Å²) in [4.78, 5) is 0. The zero-order chi connectivity index (χ0) is 14.3. The largest absolute Gasteiger partial charge is 0.310 e. The van der Waals surface area contributed by atoms with E-state index in [1.807, 2.05) is 6.08 Å². The van der Waals surface area contributed by atoms with Crippen molar-refractivity contribution in [1.29, 1.82) is 0 Å². The molecule has 0 aliphatic rings. The van der Waals surface area contributed by atoms with Crippen LogP contribution >= 0.6 is 0 Å². The summed E-state index contributed by atoms with van der Waals surface area (Å²) in [6.45, 7) is 13.8. The first-order chi connectivity index (χ1) is 9.10. The maximum atomic E-state index is 3.82. The Balaban J connectivity index is 2.92. The number of aryl methyl sites for hydroxylation is 3. The number of allylic oxidation sites excluding steroid dienone is 1. The molecule has 0 saturated carbocycles. The molecule has 0 aromatic heterocycles. The van der Waals surface area contributed by atoms with Crippen molar-refractivity contribution in [2.45, 2.75) is 59.4 Å². The lowest BCUT2D eigenvalue weighted by Crippen LogP contribution is -2.23. The zero-order valence-electron chi connectivity index (χ0n) is 13.1. The molecule has 19 heavy (non-hydrogen) atoms. The Kier molecular flexibility index (Phi) is 6.86. The van der Waals surface area contributed by atoms with Crippen LogP contribution in [-0.4, -0.2) is 6.54 Å². The molecular formula is C18H29N. The Morgan fingerprint density at radius 1 is 1.21 bits per heavy atom. The smallest absolute Gasteiger partial charge is 0.0325 e. The van der Waals surface area contributed by atoms with Crippen LogP contribution in [0.25, 0.3) is 0 Å². The van der Waals surface area contributed by atoms with E-state index in [1.54, 1.807) is 0 Å². The maximum absolute atomic E-state index is 3.82. The molecule has 1 aromatic rings. The van der Waals surface area contributed by atoms with E-state index in [2.05, 4.69) is 51.7 Å². The van der Waals surface area contributed by atoms with Gasteiger partial charge in [-0.3, -0.25) is 0 Å². The van der Waals surface area contributed by atoms with Gasteiger partial charge < -0.3 is 5.32 Å². The molecule has 1 rings (SSSR count). The van der Waals surface area contributed by atoms with Crippen molar-refractivity contribution >= 4 is 0 Å². The highest BCUT2D eigenvalue weighted by Crippen LogP contribution is 2.27. The maximum Gasteiger partial charge on any atom is 0.0325 e. The minimum atomic E-state index is 0.487. The molecule has 1 N–H and O–H groups in total. The molecule has 0 aliphatic carbocycles. The zero-order valence-corrected chi connectivity index (χ0v) is 13.1. The van der Waals surface area contributed by atoms with Crippen LogP contribution in [0.3, 0.4) is 0 Å². The second-order valence-corrected chi connectivity index (χ2v) is 5.54. The predicted octanol–water partition coefficient (Wildman–Crippen LogP) is 5.01. The van der Waals surface area contributed by atoms with Crippen molar-refractivity contribution in [3.63, 3.8) is 0 Å². The van der Waals surface area contributed by atoms with Crippen LogP contribution in [0.2, 0.25) is 0 Å². The fraction of sp³-hybridized carbons (Fsp3) is 0.556. The summed E-state index contributed by atoms with van der Waals surface area (Å²) in [6.07, 6.45) is 6.70. The van der Waals surface area contributed by atoms with Gasteiger partial charge in [0.2, 0.25) is 0 Å². The molecule has 1 nitrogen and oxygen atoms in total. The summed E-state index contributed by atoms with van der Waals surface area (Å²) in [5.74, 6) is 0. The SMILES string of the molecule is C=CCCCC(NCCC)c1c(C)cc(C)cc1C. The topological polar surface area (TPSA) is 12.0 Å². The van der Waals surface area contributed by atoms with Crippen LogP contribution in [-0.2, 0) is 0 Å².